The van der Waals surface area contributed by atoms with E-state index in [1.54, 1.807) is 38.4 Å². The van der Waals surface area contributed by atoms with Crippen molar-refractivity contribution in [2.75, 3.05) is 14.1 Å². The number of imide groups is 1. The summed E-state index contributed by atoms with van der Waals surface area (Å²) in [5.74, 6) is -0.386. The Bertz CT molecular complexity index is 977. The minimum atomic E-state index is -0.873. The van der Waals surface area contributed by atoms with Gasteiger partial charge in [-0.05, 0) is 12.1 Å². The Hall–Kier alpha value is -3.34. The molecule has 3 amide bonds. The molecule has 2 heterocycles. The van der Waals surface area contributed by atoms with Crippen molar-refractivity contribution >= 4 is 11.9 Å². The van der Waals surface area contributed by atoms with Crippen LogP contribution in [0.25, 0.3) is 11.3 Å². The Kier molecular flexibility index (Phi) is 3.72. The topological polar surface area (TPSA) is 91.3 Å². The van der Waals surface area contributed by atoms with Gasteiger partial charge in [0.2, 0.25) is 0 Å². The molecule has 1 aliphatic rings. The molecule has 25 heavy (non-hydrogen) atoms. The van der Waals surface area contributed by atoms with Crippen molar-refractivity contribution < 1.29 is 9.59 Å². The zero-order valence-corrected chi connectivity index (χ0v) is 14.3. The van der Waals surface area contributed by atoms with Gasteiger partial charge in [0.25, 0.3) is 5.91 Å². The van der Waals surface area contributed by atoms with Crippen LogP contribution in [0.5, 0.6) is 0 Å². The molecule has 1 atom stereocenters. The maximum absolute atomic E-state index is 12.6. The van der Waals surface area contributed by atoms with Gasteiger partial charge in [0.05, 0.1) is 23.0 Å². The Morgan fingerprint density at radius 1 is 0.960 bits per heavy atom. The molecule has 0 N–H and O–H groups in total. The van der Waals surface area contributed by atoms with Gasteiger partial charge in [-0.2, -0.15) is 5.26 Å². The number of urea groups is 1. The lowest BCUT2D eigenvalue weighted by Crippen LogP contribution is -2.28. The van der Waals surface area contributed by atoms with E-state index in [2.05, 4.69) is 0 Å². The van der Waals surface area contributed by atoms with E-state index < -0.39 is 12.1 Å². The number of hydrogen-bond acceptors (Lipinski definition) is 4. The van der Waals surface area contributed by atoms with Gasteiger partial charge in [-0.25, -0.2) is 9.59 Å². The van der Waals surface area contributed by atoms with Crippen LogP contribution >= 0.6 is 0 Å². The normalized spacial score (nSPS) is 17.3. The molecule has 3 rings (SSSR count). The molecule has 8 nitrogen and oxygen atoms in total. The maximum atomic E-state index is 12.6. The number of nitrogens with zero attached hydrogens (tertiary/aromatic N) is 5. The number of rotatable bonds is 2. The molecule has 2 aromatic rings. The average Bonchev–Trinajstić information content (AvgIpc) is 2.95. The number of benzene rings is 1. The van der Waals surface area contributed by atoms with Crippen LogP contribution in [-0.2, 0) is 18.9 Å². The SMILES string of the molecule is CN1C(=O)C(c2c(-c3ccc(C#N)cc3)n(C)c(=O)n2C)N(C)C1=O. The molecule has 1 aliphatic heterocycles. The second-order valence-electron chi connectivity index (χ2n) is 6.02. The fraction of sp³-hybridized carbons (Fsp3) is 0.294. The number of likely N-dealkylation sites (N-methyl/N-ethyl adjacent to an activating group) is 2. The van der Waals surface area contributed by atoms with E-state index in [-0.39, 0.29) is 11.6 Å². The van der Waals surface area contributed by atoms with Crippen molar-refractivity contribution in [3.8, 4) is 17.3 Å². The summed E-state index contributed by atoms with van der Waals surface area (Å²) in [6, 6.07) is 7.49. The van der Waals surface area contributed by atoms with Crippen LogP contribution in [0.1, 0.15) is 17.3 Å². The first-order valence-corrected chi connectivity index (χ1v) is 7.60. The third-order valence-electron chi connectivity index (χ3n) is 4.60. The smallest absolute Gasteiger partial charge is 0.310 e. The van der Waals surface area contributed by atoms with Gasteiger partial charge in [0.1, 0.15) is 0 Å². The first kappa shape index (κ1) is 16.5. The quantitative estimate of drug-likeness (QED) is 0.758. The van der Waals surface area contributed by atoms with E-state index in [0.29, 0.717) is 22.5 Å². The van der Waals surface area contributed by atoms with Gasteiger partial charge < -0.3 is 4.90 Å². The molecule has 128 valence electrons. The van der Waals surface area contributed by atoms with Gasteiger partial charge in [-0.1, -0.05) is 12.1 Å². The molecule has 1 fully saturated rings. The largest absolute Gasteiger partial charge is 0.328 e. The minimum absolute atomic E-state index is 0.294. The van der Waals surface area contributed by atoms with Crippen molar-refractivity contribution in [1.29, 1.82) is 5.26 Å². The summed E-state index contributed by atoms with van der Waals surface area (Å²) in [6.45, 7) is 0. The summed E-state index contributed by atoms with van der Waals surface area (Å²) < 4.78 is 2.83. The highest BCUT2D eigenvalue weighted by atomic mass is 16.2. The summed E-state index contributed by atoms with van der Waals surface area (Å²) in [4.78, 5) is 39.6. The molecule has 8 heteroatoms. The first-order chi connectivity index (χ1) is 11.8. The lowest BCUT2D eigenvalue weighted by atomic mass is 10.0. The molecule has 1 saturated heterocycles. The third-order valence-corrected chi connectivity index (χ3v) is 4.60. The molecule has 0 bridgehead atoms. The highest BCUT2D eigenvalue weighted by Crippen LogP contribution is 2.34. The number of carbonyl (C=O) groups excluding carboxylic acids is 2. The van der Waals surface area contributed by atoms with Crippen molar-refractivity contribution in [1.82, 2.24) is 18.9 Å². The second-order valence-corrected chi connectivity index (χ2v) is 6.02. The van der Waals surface area contributed by atoms with Crippen LogP contribution < -0.4 is 5.69 Å². The Morgan fingerprint density at radius 3 is 2.04 bits per heavy atom. The van der Waals surface area contributed by atoms with Crippen molar-refractivity contribution in [2.24, 2.45) is 14.1 Å². The van der Waals surface area contributed by atoms with E-state index in [0.717, 1.165) is 4.90 Å². The van der Waals surface area contributed by atoms with E-state index >= 15 is 0 Å². The lowest BCUT2D eigenvalue weighted by molar-refractivity contribution is -0.127. The Balaban J connectivity index is 2.26. The monoisotopic (exact) mass is 339 g/mol. The number of hydrogen-bond donors (Lipinski definition) is 0. The number of aromatic nitrogens is 2. The van der Waals surface area contributed by atoms with E-state index in [1.807, 2.05) is 6.07 Å². The fourth-order valence-electron chi connectivity index (χ4n) is 3.20. The van der Waals surface area contributed by atoms with Gasteiger partial charge >= 0.3 is 11.7 Å². The minimum Gasteiger partial charge on any atom is -0.310 e. The average molecular weight is 339 g/mol. The third kappa shape index (κ3) is 2.24. The first-order valence-electron chi connectivity index (χ1n) is 7.60. The molecule has 1 aromatic heterocycles. The van der Waals surface area contributed by atoms with Crippen LogP contribution in [0.2, 0.25) is 0 Å². The highest BCUT2D eigenvalue weighted by molar-refractivity contribution is 6.04. The lowest BCUT2D eigenvalue weighted by Gasteiger charge is -2.18. The predicted octanol–water partition coefficient (Wildman–Crippen LogP) is 0.827. The van der Waals surface area contributed by atoms with Crippen LogP contribution in [0.15, 0.2) is 29.1 Å². The standard InChI is InChI=1S/C17H17N5O3/c1-19-12(11-7-5-10(9-18)6-8-11)13(20(2)16(19)24)14-15(23)22(4)17(25)21(14)3/h5-8,14H,1-4H3. The van der Waals surface area contributed by atoms with E-state index in [4.69, 9.17) is 5.26 Å². The number of amides is 3. The molecule has 0 aliphatic carbocycles. The van der Waals surface area contributed by atoms with Crippen molar-refractivity contribution in [2.45, 2.75) is 6.04 Å². The Morgan fingerprint density at radius 2 is 1.56 bits per heavy atom. The zero-order chi connectivity index (χ0) is 18.5. The van der Waals surface area contributed by atoms with Gasteiger partial charge in [-0.15, -0.1) is 0 Å². The molecule has 0 radical (unpaired) electrons. The predicted molar refractivity (Wildman–Crippen MR) is 89.5 cm³/mol. The van der Waals surface area contributed by atoms with E-state index in [1.165, 1.54) is 28.1 Å². The molecule has 1 aromatic carbocycles. The van der Waals surface area contributed by atoms with Crippen molar-refractivity contribution in [3.05, 3.63) is 46.0 Å². The summed E-state index contributed by atoms with van der Waals surface area (Å²) in [5.41, 5.74) is 1.89. The molecular formula is C17H17N5O3. The van der Waals surface area contributed by atoms with Crippen molar-refractivity contribution in [3.63, 3.8) is 0 Å². The van der Waals surface area contributed by atoms with Gasteiger partial charge in [-0.3, -0.25) is 18.8 Å². The molecular weight excluding hydrogens is 322 g/mol. The summed E-state index contributed by atoms with van der Waals surface area (Å²) in [7, 11) is 6.15. The van der Waals surface area contributed by atoms with Crippen LogP contribution in [-0.4, -0.2) is 45.0 Å². The fourth-order valence-corrected chi connectivity index (χ4v) is 3.20. The van der Waals surface area contributed by atoms with Crippen LogP contribution in [0.4, 0.5) is 4.79 Å². The second kappa shape index (κ2) is 5.63. The van der Waals surface area contributed by atoms with Gasteiger partial charge in [0, 0.05) is 33.8 Å². The van der Waals surface area contributed by atoms with Crippen LogP contribution in [0.3, 0.4) is 0 Å². The Labute approximate surface area is 144 Å². The number of imidazole rings is 1. The summed E-state index contributed by atoms with van der Waals surface area (Å²) >= 11 is 0. The van der Waals surface area contributed by atoms with Crippen LogP contribution in [0, 0.1) is 11.3 Å². The summed E-state index contributed by atoms with van der Waals surface area (Å²) in [5, 5.41) is 8.95. The van der Waals surface area contributed by atoms with E-state index in [9.17, 15) is 14.4 Å². The molecule has 0 saturated carbocycles. The molecule has 0 spiro atoms. The van der Waals surface area contributed by atoms with Gasteiger partial charge in [0.15, 0.2) is 6.04 Å². The summed E-state index contributed by atoms with van der Waals surface area (Å²) in [6.07, 6.45) is 0. The maximum Gasteiger partial charge on any atom is 0.328 e. The number of carbonyl (C=O) groups is 2. The highest BCUT2D eigenvalue weighted by Gasteiger charge is 2.45. The number of nitriles is 1. The zero-order valence-electron chi connectivity index (χ0n) is 14.3. The molecule has 1 unspecified atom stereocenters.